The van der Waals surface area contributed by atoms with Gasteiger partial charge in [0.2, 0.25) is 0 Å². The van der Waals surface area contributed by atoms with Crippen molar-refractivity contribution in [3.63, 3.8) is 0 Å². The molecule has 0 atom stereocenters. The summed E-state index contributed by atoms with van der Waals surface area (Å²) >= 11 is 0. The van der Waals surface area contributed by atoms with Crippen LogP contribution in [0.25, 0.3) is 5.65 Å². The van der Waals surface area contributed by atoms with Crippen molar-refractivity contribution in [1.82, 2.24) is 24.4 Å². The molecular formula is C20H23N5O. The van der Waals surface area contributed by atoms with Crippen molar-refractivity contribution in [1.29, 1.82) is 0 Å². The van der Waals surface area contributed by atoms with Gasteiger partial charge in [0.25, 0.3) is 5.91 Å². The molecule has 1 aromatic carbocycles. The van der Waals surface area contributed by atoms with Crippen molar-refractivity contribution in [2.45, 2.75) is 13.3 Å². The Morgan fingerprint density at radius 1 is 1.08 bits per heavy atom. The van der Waals surface area contributed by atoms with Gasteiger partial charge in [0, 0.05) is 45.1 Å². The first kappa shape index (κ1) is 16.7. The zero-order chi connectivity index (χ0) is 17.9. The largest absolute Gasteiger partial charge is 0.336 e. The number of amides is 1. The van der Waals surface area contributed by atoms with Gasteiger partial charge in [-0.25, -0.2) is 9.50 Å². The smallest absolute Gasteiger partial charge is 0.259 e. The van der Waals surface area contributed by atoms with Crippen LogP contribution >= 0.6 is 0 Å². The molecule has 3 aromatic rings. The Hall–Kier alpha value is -2.73. The van der Waals surface area contributed by atoms with Gasteiger partial charge in [0.15, 0.2) is 5.65 Å². The van der Waals surface area contributed by atoms with Crippen molar-refractivity contribution in [2.24, 2.45) is 0 Å². The highest BCUT2D eigenvalue weighted by molar-refractivity contribution is 6.01. The summed E-state index contributed by atoms with van der Waals surface area (Å²) in [6.07, 6.45) is 4.58. The zero-order valence-electron chi connectivity index (χ0n) is 15.0. The van der Waals surface area contributed by atoms with Gasteiger partial charge in [-0.15, -0.1) is 0 Å². The van der Waals surface area contributed by atoms with Crippen LogP contribution in [-0.2, 0) is 6.42 Å². The zero-order valence-corrected chi connectivity index (χ0v) is 15.0. The van der Waals surface area contributed by atoms with E-state index in [0.29, 0.717) is 11.2 Å². The highest BCUT2D eigenvalue weighted by atomic mass is 16.2. The Morgan fingerprint density at radius 2 is 1.85 bits per heavy atom. The first-order chi connectivity index (χ1) is 12.7. The van der Waals surface area contributed by atoms with Gasteiger partial charge in [-0.05, 0) is 25.0 Å². The number of benzene rings is 1. The molecule has 0 unspecified atom stereocenters. The summed E-state index contributed by atoms with van der Waals surface area (Å²) in [7, 11) is 0. The topological polar surface area (TPSA) is 53.7 Å². The predicted octanol–water partition coefficient (Wildman–Crippen LogP) is 2.04. The van der Waals surface area contributed by atoms with Crippen molar-refractivity contribution >= 4 is 11.6 Å². The van der Waals surface area contributed by atoms with Gasteiger partial charge >= 0.3 is 0 Å². The average Bonchev–Trinajstić information content (AvgIpc) is 3.03. The second-order valence-corrected chi connectivity index (χ2v) is 6.72. The number of carbonyl (C=O) groups excluding carboxylic acids is 1. The van der Waals surface area contributed by atoms with E-state index in [0.717, 1.165) is 44.8 Å². The third kappa shape index (κ3) is 3.32. The summed E-state index contributed by atoms with van der Waals surface area (Å²) in [5.41, 5.74) is 3.36. The summed E-state index contributed by atoms with van der Waals surface area (Å²) in [6.45, 7) is 6.21. The van der Waals surface area contributed by atoms with E-state index in [9.17, 15) is 4.79 Å². The number of fused-ring (bicyclic) bond motifs is 1. The van der Waals surface area contributed by atoms with Gasteiger partial charge < -0.3 is 4.90 Å². The molecule has 6 nitrogen and oxygen atoms in total. The third-order valence-corrected chi connectivity index (χ3v) is 5.00. The Morgan fingerprint density at radius 3 is 2.62 bits per heavy atom. The summed E-state index contributed by atoms with van der Waals surface area (Å²) in [6, 6.07) is 12.4. The van der Waals surface area contributed by atoms with E-state index in [-0.39, 0.29) is 5.91 Å². The van der Waals surface area contributed by atoms with Gasteiger partial charge in [0.05, 0.1) is 5.69 Å². The van der Waals surface area contributed by atoms with Crippen LogP contribution in [-0.4, -0.2) is 63.0 Å². The molecule has 6 heteroatoms. The molecule has 1 amide bonds. The number of hydrogen-bond acceptors (Lipinski definition) is 4. The van der Waals surface area contributed by atoms with Gasteiger partial charge in [-0.1, -0.05) is 30.3 Å². The SMILES string of the molecule is Cc1nn2cccnc2c1C(=O)N1CCN(CCc2ccccc2)CC1. The van der Waals surface area contributed by atoms with Crippen molar-refractivity contribution < 1.29 is 4.79 Å². The van der Waals surface area contributed by atoms with E-state index in [1.165, 1.54) is 5.56 Å². The minimum absolute atomic E-state index is 0.0407. The van der Waals surface area contributed by atoms with E-state index >= 15 is 0 Å². The summed E-state index contributed by atoms with van der Waals surface area (Å²) < 4.78 is 1.68. The first-order valence-corrected chi connectivity index (χ1v) is 9.08. The fourth-order valence-corrected chi connectivity index (χ4v) is 3.51. The molecule has 4 rings (SSSR count). The van der Waals surface area contributed by atoms with Crippen LogP contribution in [0.2, 0.25) is 0 Å². The lowest BCUT2D eigenvalue weighted by Gasteiger charge is -2.34. The molecule has 0 spiro atoms. The van der Waals surface area contributed by atoms with Gasteiger partial charge in [-0.3, -0.25) is 9.69 Å². The second-order valence-electron chi connectivity index (χ2n) is 6.72. The van der Waals surface area contributed by atoms with E-state index in [1.54, 1.807) is 10.7 Å². The Kier molecular flexibility index (Phi) is 4.67. The van der Waals surface area contributed by atoms with E-state index < -0.39 is 0 Å². The monoisotopic (exact) mass is 349 g/mol. The van der Waals surface area contributed by atoms with Crippen LogP contribution in [0.4, 0.5) is 0 Å². The van der Waals surface area contributed by atoms with Crippen LogP contribution in [0.15, 0.2) is 48.8 Å². The quantitative estimate of drug-likeness (QED) is 0.723. The highest BCUT2D eigenvalue weighted by Crippen LogP contribution is 2.17. The number of rotatable bonds is 4. The fourth-order valence-electron chi connectivity index (χ4n) is 3.51. The van der Waals surface area contributed by atoms with E-state index in [4.69, 9.17) is 0 Å². The van der Waals surface area contributed by atoms with Crippen LogP contribution in [0.5, 0.6) is 0 Å². The Balaban J connectivity index is 1.38. The molecule has 0 saturated carbocycles. The number of nitrogens with zero attached hydrogens (tertiary/aromatic N) is 5. The maximum atomic E-state index is 13.0. The standard InChI is InChI=1S/C20H23N5O/c1-16-18(19-21-9-5-10-25(19)22-16)20(26)24-14-12-23(13-15-24)11-8-17-6-3-2-4-7-17/h2-7,9-10H,8,11-15H2,1H3. The molecule has 2 aromatic heterocycles. The predicted molar refractivity (Wildman–Crippen MR) is 100 cm³/mol. The van der Waals surface area contributed by atoms with Gasteiger partial charge in [-0.2, -0.15) is 5.10 Å². The maximum Gasteiger partial charge on any atom is 0.259 e. The van der Waals surface area contributed by atoms with Gasteiger partial charge in [0.1, 0.15) is 5.56 Å². The Bertz CT molecular complexity index is 897. The molecule has 0 aliphatic carbocycles. The summed E-state index contributed by atoms with van der Waals surface area (Å²) in [5.74, 6) is 0.0407. The Labute approximate surface area is 153 Å². The first-order valence-electron chi connectivity index (χ1n) is 9.08. The normalized spacial score (nSPS) is 15.5. The highest BCUT2D eigenvalue weighted by Gasteiger charge is 2.26. The number of piperazine rings is 1. The number of aryl methyl sites for hydroxylation is 1. The molecule has 1 saturated heterocycles. The number of carbonyl (C=O) groups is 1. The van der Waals surface area contributed by atoms with Crippen LogP contribution in [0.1, 0.15) is 21.6 Å². The fraction of sp³-hybridized carbons (Fsp3) is 0.350. The lowest BCUT2D eigenvalue weighted by atomic mass is 10.1. The van der Waals surface area contributed by atoms with Crippen molar-refractivity contribution in [3.05, 3.63) is 65.6 Å². The molecule has 134 valence electrons. The second kappa shape index (κ2) is 7.25. The van der Waals surface area contributed by atoms with Crippen LogP contribution < -0.4 is 0 Å². The number of hydrogen-bond donors (Lipinski definition) is 0. The van der Waals surface area contributed by atoms with Crippen LogP contribution in [0, 0.1) is 6.92 Å². The van der Waals surface area contributed by atoms with E-state index in [1.807, 2.05) is 30.2 Å². The summed E-state index contributed by atoms with van der Waals surface area (Å²) in [4.78, 5) is 21.7. The maximum absolute atomic E-state index is 13.0. The number of aromatic nitrogens is 3. The van der Waals surface area contributed by atoms with Crippen LogP contribution in [0.3, 0.4) is 0 Å². The lowest BCUT2D eigenvalue weighted by Crippen LogP contribution is -2.49. The average molecular weight is 349 g/mol. The molecule has 1 aliphatic rings. The molecule has 0 bridgehead atoms. The molecule has 1 fully saturated rings. The molecule has 0 N–H and O–H groups in total. The lowest BCUT2D eigenvalue weighted by molar-refractivity contribution is 0.0639. The molecular weight excluding hydrogens is 326 g/mol. The minimum Gasteiger partial charge on any atom is -0.336 e. The molecule has 3 heterocycles. The van der Waals surface area contributed by atoms with Crippen molar-refractivity contribution in [3.8, 4) is 0 Å². The minimum atomic E-state index is 0.0407. The summed E-state index contributed by atoms with van der Waals surface area (Å²) in [5, 5.41) is 4.40. The van der Waals surface area contributed by atoms with Crippen molar-refractivity contribution in [2.75, 3.05) is 32.7 Å². The van der Waals surface area contributed by atoms with E-state index in [2.05, 4.69) is 39.2 Å². The molecule has 1 aliphatic heterocycles. The molecule has 26 heavy (non-hydrogen) atoms. The molecule has 0 radical (unpaired) electrons. The third-order valence-electron chi connectivity index (χ3n) is 5.00.